The molecule has 1 aromatic rings. The second kappa shape index (κ2) is 6.44. The monoisotopic (exact) mass is 219 g/mol. The van der Waals surface area contributed by atoms with E-state index in [0.717, 1.165) is 6.42 Å². The van der Waals surface area contributed by atoms with Crippen LogP contribution in [0.1, 0.15) is 49.0 Å². The molecule has 0 aliphatic carbocycles. The summed E-state index contributed by atoms with van der Waals surface area (Å²) >= 11 is 0. The largest absolute Gasteiger partial charge is 0.321 e. The van der Waals surface area contributed by atoms with E-state index >= 15 is 0 Å². The highest BCUT2D eigenvalue weighted by Crippen LogP contribution is 2.10. The summed E-state index contributed by atoms with van der Waals surface area (Å²) in [4.78, 5) is 11.6. The quantitative estimate of drug-likeness (QED) is 0.590. The lowest BCUT2D eigenvalue weighted by Crippen LogP contribution is -2.26. The van der Waals surface area contributed by atoms with Crippen LogP contribution in [-0.2, 0) is 6.42 Å². The summed E-state index contributed by atoms with van der Waals surface area (Å²) in [5.74, 6) is 0.0140. The molecule has 1 unspecified atom stereocenters. The van der Waals surface area contributed by atoms with E-state index in [1.165, 1.54) is 24.8 Å². The Morgan fingerprint density at radius 2 is 1.88 bits per heavy atom. The van der Waals surface area contributed by atoms with Crippen molar-refractivity contribution in [3.05, 3.63) is 35.4 Å². The molecule has 1 rings (SSSR count). The number of aryl methyl sites for hydroxylation is 1. The van der Waals surface area contributed by atoms with Gasteiger partial charge in [-0.2, -0.15) is 0 Å². The molecule has 0 aliphatic rings. The van der Waals surface area contributed by atoms with Gasteiger partial charge in [0.15, 0.2) is 5.78 Å². The zero-order valence-corrected chi connectivity index (χ0v) is 10.2. The average molecular weight is 219 g/mol. The predicted octanol–water partition coefficient (Wildman–Crippen LogP) is 2.95. The van der Waals surface area contributed by atoms with E-state index in [1.807, 2.05) is 24.3 Å². The molecule has 0 aliphatic heterocycles. The van der Waals surface area contributed by atoms with Crippen LogP contribution in [0.3, 0.4) is 0 Å². The maximum absolute atomic E-state index is 11.6. The van der Waals surface area contributed by atoms with Crippen molar-refractivity contribution in [3.8, 4) is 0 Å². The first-order chi connectivity index (χ1) is 7.65. The number of nitrogens with two attached hydrogens (primary N) is 1. The molecular formula is C14H21NO. The van der Waals surface area contributed by atoms with E-state index < -0.39 is 6.04 Å². The smallest absolute Gasteiger partial charge is 0.179 e. The Labute approximate surface area is 97.9 Å². The van der Waals surface area contributed by atoms with Crippen LogP contribution >= 0.6 is 0 Å². The first-order valence-corrected chi connectivity index (χ1v) is 6.04. The summed E-state index contributed by atoms with van der Waals surface area (Å²) in [7, 11) is 0. The Kier molecular flexibility index (Phi) is 5.20. The van der Waals surface area contributed by atoms with Crippen LogP contribution in [0.15, 0.2) is 24.3 Å². The van der Waals surface area contributed by atoms with E-state index in [-0.39, 0.29) is 5.78 Å². The van der Waals surface area contributed by atoms with Gasteiger partial charge < -0.3 is 5.73 Å². The lowest BCUT2D eigenvalue weighted by atomic mass is 10.0. The number of hydrogen-bond acceptors (Lipinski definition) is 2. The van der Waals surface area contributed by atoms with Crippen molar-refractivity contribution in [2.24, 2.45) is 5.73 Å². The Morgan fingerprint density at radius 1 is 1.25 bits per heavy atom. The Bertz CT molecular complexity index is 327. The fourth-order valence-electron chi connectivity index (χ4n) is 1.68. The summed E-state index contributed by atoms with van der Waals surface area (Å²) in [5, 5.41) is 0. The molecule has 0 bridgehead atoms. The van der Waals surface area contributed by atoms with E-state index in [0.29, 0.717) is 5.56 Å². The minimum atomic E-state index is -0.411. The number of carbonyl (C=O) groups is 1. The minimum Gasteiger partial charge on any atom is -0.321 e. The predicted molar refractivity (Wildman–Crippen MR) is 67.7 cm³/mol. The van der Waals surface area contributed by atoms with Crippen LogP contribution in [0.25, 0.3) is 0 Å². The van der Waals surface area contributed by atoms with Gasteiger partial charge in [-0.3, -0.25) is 4.79 Å². The number of benzene rings is 1. The number of Topliss-reactive ketones (excluding diaryl/α,β-unsaturated/α-hetero) is 1. The van der Waals surface area contributed by atoms with Crippen LogP contribution < -0.4 is 5.73 Å². The second-order valence-electron chi connectivity index (χ2n) is 4.31. The lowest BCUT2D eigenvalue weighted by molar-refractivity contribution is 0.0968. The third-order valence-corrected chi connectivity index (χ3v) is 2.72. The maximum atomic E-state index is 11.6. The first-order valence-electron chi connectivity index (χ1n) is 6.04. The van der Waals surface area contributed by atoms with Crippen molar-refractivity contribution >= 4 is 5.78 Å². The molecule has 0 heterocycles. The first kappa shape index (κ1) is 12.9. The van der Waals surface area contributed by atoms with Gasteiger partial charge in [0.25, 0.3) is 0 Å². The maximum Gasteiger partial charge on any atom is 0.179 e. The highest BCUT2D eigenvalue weighted by Gasteiger charge is 2.09. The van der Waals surface area contributed by atoms with Crippen LogP contribution in [0.2, 0.25) is 0 Å². The summed E-state index contributed by atoms with van der Waals surface area (Å²) < 4.78 is 0. The van der Waals surface area contributed by atoms with Crippen molar-refractivity contribution in [2.45, 2.75) is 45.6 Å². The van der Waals surface area contributed by atoms with Gasteiger partial charge in [-0.15, -0.1) is 0 Å². The average Bonchev–Trinajstić information content (AvgIpc) is 2.29. The van der Waals surface area contributed by atoms with Gasteiger partial charge in [0, 0.05) is 5.56 Å². The Balaban J connectivity index is 2.57. The molecule has 0 spiro atoms. The summed E-state index contributed by atoms with van der Waals surface area (Å²) in [5.41, 5.74) is 7.57. The standard InChI is InChI=1S/C14H21NO/c1-3-4-5-6-12-7-9-13(10-8-12)14(16)11(2)15/h7-11H,3-6,15H2,1-2H3. The number of unbranched alkanes of at least 4 members (excludes halogenated alkanes) is 2. The number of carbonyl (C=O) groups excluding carboxylic acids is 1. The molecule has 0 fully saturated rings. The van der Waals surface area contributed by atoms with Gasteiger partial charge in [0.1, 0.15) is 0 Å². The fourth-order valence-corrected chi connectivity index (χ4v) is 1.68. The molecule has 2 nitrogen and oxygen atoms in total. The van der Waals surface area contributed by atoms with Crippen molar-refractivity contribution in [1.29, 1.82) is 0 Å². The molecule has 0 aromatic heterocycles. The molecule has 16 heavy (non-hydrogen) atoms. The zero-order valence-electron chi connectivity index (χ0n) is 10.2. The molecule has 0 saturated heterocycles. The van der Waals surface area contributed by atoms with Crippen molar-refractivity contribution in [2.75, 3.05) is 0 Å². The zero-order chi connectivity index (χ0) is 12.0. The molecule has 0 amide bonds. The summed E-state index contributed by atoms with van der Waals surface area (Å²) in [6.07, 6.45) is 4.82. The van der Waals surface area contributed by atoms with Gasteiger partial charge >= 0.3 is 0 Å². The van der Waals surface area contributed by atoms with Gasteiger partial charge in [-0.1, -0.05) is 44.0 Å². The molecule has 2 heteroatoms. The van der Waals surface area contributed by atoms with Gasteiger partial charge in [0.05, 0.1) is 6.04 Å². The molecule has 0 radical (unpaired) electrons. The topological polar surface area (TPSA) is 43.1 Å². The van der Waals surface area contributed by atoms with Gasteiger partial charge in [0.2, 0.25) is 0 Å². The highest BCUT2D eigenvalue weighted by atomic mass is 16.1. The van der Waals surface area contributed by atoms with E-state index in [4.69, 9.17) is 5.73 Å². The van der Waals surface area contributed by atoms with E-state index in [1.54, 1.807) is 6.92 Å². The van der Waals surface area contributed by atoms with Gasteiger partial charge in [-0.05, 0) is 25.3 Å². The minimum absolute atomic E-state index is 0.0140. The van der Waals surface area contributed by atoms with E-state index in [2.05, 4.69) is 6.92 Å². The van der Waals surface area contributed by atoms with Crippen LogP contribution in [-0.4, -0.2) is 11.8 Å². The SMILES string of the molecule is CCCCCc1ccc(C(=O)C(C)N)cc1. The molecule has 1 atom stereocenters. The number of rotatable bonds is 6. The number of ketones is 1. The summed E-state index contributed by atoms with van der Waals surface area (Å²) in [6.45, 7) is 3.92. The number of hydrogen-bond donors (Lipinski definition) is 1. The van der Waals surface area contributed by atoms with Crippen molar-refractivity contribution in [1.82, 2.24) is 0 Å². The highest BCUT2D eigenvalue weighted by molar-refractivity contribution is 5.99. The third kappa shape index (κ3) is 3.78. The van der Waals surface area contributed by atoms with Crippen LogP contribution in [0, 0.1) is 0 Å². The normalized spacial score (nSPS) is 12.4. The molecule has 1 aromatic carbocycles. The Morgan fingerprint density at radius 3 is 2.38 bits per heavy atom. The second-order valence-corrected chi connectivity index (χ2v) is 4.31. The molecule has 2 N–H and O–H groups in total. The van der Waals surface area contributed by atoms with Crippen molar-refractivity contribution in [3.63, 3.8) is 0 Å². The van der Waals surface area contributed by atoms with Gasteiger partial charge in [-0.25, -0.2) is 0 Å². The van der Waals surface area contributed by atoms with E-state index in [9.17, 15) is 4.79 Å². The van der Waals surface area contributed by atoms with Crippen LogP contribution in [0.4, 0.5) is 0 Å². The third-order valence-electron chi connectivity index (χ3n) is 2.72. The van der Waals surface area contributed by atoms with Crippen molar-refractivity contribution < 1.29 is 4.79 Å². The summed E-state index contributed by atoms with van der Waals surface area (Å²) in [6, 6.07) is 7.42. The fraction of sp³-hybridized carbons (Fsp3) is 0.500. The Hall–Kier alpha value is -1.15. The lowest BCUT2D eigenvalue weighted by Gasteiger charge is -2.05. The molecular weight excluding hydrogens is 198 g/mol. The molecule has 88 valence electrons. The molecule has 0 saturated carbocycles. The van der Waals surface area contributed by atoms with Crippen LogP contribution in [0.5, 0.6) is 0 Å².